The van der Waals surface area contributed by atoms with Crippen molar-refractivity contribution in [3.05, 3.63) is 24.3 Å². The Balaban J connectivity index is 2.91. The van der Waals surface area contributed by atoms with Gasteiger partial charge >= 0.3 is 10.4 Å². The second-order valence-corrected chi connectivity index (χ2v) is 5.87. The number of rotatable bonds is 4. The molecule has 9 heteroatoms. The first-order valence-electron chi connectivity index (χ1n) is 3.91. The topological polar surface area (TPSA) is 124 Å². The van der Waals surface area contributed by atoms with Gasteiger partial charge in [0.2, 0.25) is 9.84 Å². The SMILES string of the molecule is Nc1ccc(S(=O)(=O)COS(=O)(=O)O)cc1. The van der Waals surface area contributed by atoms with Gasteiger partial charge in [0.25, 0.3) is 0 Å². The van der Waals surface area contributed by atoms with E-state index in [1.165, 1.54) is 24.3 Å². The van der Waals surface area contributed by atoms with E-state index >= 15 is 0 Å². The highest BCUT2D eigenvalue weighted by Crippen LogP contribution is 2.13. The van der Waals surface area contributed by atoms with Crippen molar-refractivity contribution in [2.24, 2.45) is 0 Å². The molecule has 0 aliphatic carbocycles. The lowest BCUT2D eigenvalue weighted by Crippen LogP contribution is -2.14. The maximum absolute atomic E-state index is 11.4. The fourth-order valence-electron chi connectivity index (χ4n) is 0.867. The molecule has 0 fully saturated rings. The third-order valence-electron chi connectivity index (χ3n) is 1.59. The fourth-order valence-corrected chi connectivity index (χ4v) is 2.55. The Morgan fingerprint density at radius 2 is 1.62 bits per heavy atom. The average Bonchev–Trinajstić information content (AvgIpc) is 2.15. The lowest BCUT2D eigenvalue weighted by Gasteiger charge is -2.03. The zero-order valence-corrected chi connectivity index (χ0v) is 9.53. The average molecular weight is 267 g/mol. The van der Waals surface area contributed by atoms with E-state index in [0.717, 1.165) is 0 Å². The van der Waals surface area contributed by atoms with Crippen molar-refractivity contribution in [2.45, 2.75) is 4.90 Å². The molecular formula is C7H9NO6S2. The van der Waals surface area contributed by atoms with Crippen LogP contribution in [0.3, 0.4) is 0 Å². The summed E-state index contributed by atoms with van der Waals surface area (Å²) in [7, 11) is -8.70. The summed E-state index contributed by atoms with van der Waals surface area (Å²) in [6.07, 6.45) is 0. The maximum atomic E-state index is 11.4. The maximum Gasteiger partial charge on any atom is 0.398 e. The molecular weight excluding hydrogens is 258 g/mol. The Kier molecular flexibility index (Phi) is 3.53. The predicted octanol–water partition coefficient (Wildman–Crippen LogP) is -0.181. The van der Waals surface area contributed by atoms with Gasteiger partial charge in [0.1, 0.15) is 0 Å². The van der Waals surface area contributed by atoms with Crippen LogP contribution in [-0.2, 0) is 24.4 Å². The largest absolute Gasteiger partial charge is 0.399 e. The Hall–Kier alpha value is -1.16. The number of hydrogen-bond donors (Lipinski definition) is 2. The number of anilines is 1. The molecule has 0 spiro atoms. The second kappa shape index (κ2) is 4.37. The van der Waals surface area contributed by atoms with E-state index in [0.29, 0.717) is 5.69 Å². The molecule has 90 valence electrons. The number of nitrogens with two attached hydrogens (primary N) is 1. The third-order valence-corrected chi connectivity index (χ3v) is 3.57. The molecule has 0 amide bonds. The van der Waals surface area contributed by atoms with Crippen LogP contribution in [0.15, 0.2) is 29.2 Å². The summed E-state index contributed by atoms with van der Waals surface area (Å²) in [5, 5.41) is 0. The molecule has 7 nitrogen and oxygen atoms in total. The van der Waals surface area contributed by atoms with Gasteiger partial charge in [0, 0.05) is 5.69 Å². The van der Waals surface area contributed by atoms with Crippen LogP contribution in [-0.4, -0.2) is 27.3 Å². The Morgan fingerprint density at radius 3 is 2.06 bits per heavy atom. The zero-order chi connectivity index (χ0) is 12.4. The van der Waals surface area contributed by atoms with E-state index in [1.54, 1.807) is 0 Å². The molecule has 0 saturated carbocycles. The standard InChI is InChI=1S/C7H9NO6S2/c8-6-1-3-7(4-2-6)15(9,10)5-14-16(11,12)13/h1-4H,5,8H2,(H,11,12,13). The van der Waals surface area contributed by atoms with Crippen molar-refractivity contribution in [1.29, 1.82) is 0 Å². The summed E-state index contributed by atoms with van der Waals surface area (Å²) < 4.78 is 55.3. The molecule has 0 radical (unpaired) electrons. The number of nitrogen functional groups attached to an aromatic ring is 1. The van der Waals surface area contributed by atoms with Gasteiger partial charge in [-0.3, -0.25) is 4.55 Å². The molecule has 0 unspecified atom stereocenters. The molecule has 16 heavy (non-hydrogen) atoms. The van der Waals surface area contributed by atoms with E-state index in [1.807, 2.05) is 0 Å². The first-order chi connectivity index (χ1) is 7.21. The molecule has 0 aliphatic heterocycles. The van der Waals surface area contributed by atoms with Crippen LogP contribution in [0.2, 0.25) is 0 Å². The summed E-state index contributed by atoms with van der Waals surface area (Å²) in [5.41, 5.74) is 5.72. The minimum atomic E-state index is -4.78. The van der Waals surface area contributed by atoms with E-state index in [2.05, 4.69) is 4.18 Å². The lowest BCUT2D eigenvalue weighted by atomic mass is 10.3. The van der Waals surface area contributed by atoms with Crippen molar-refractivity contribution in [2.75, 3.05) is 11.7 Å². The molecule has 0 aliphatic rings. The molecule has 3 N–H and O–H groups in total. The third kappa shape index (κ3) is 3.77. The highest BCUT2D eigenvalue weighted by molar-refractivity contribution is 7.92. The van der Waals surface area contributed by atoms with Crippen LogP contribution in [0.4, 0.5) is 5.69 Å². The van der Waals surface area contributed by atoms with Gasteiger partial charge < -0.3 is 5.73 Å². The summed E-state index contributed by atoms with van der Waals surface area (Å²) in [4.78, 5) is -0.148. The van der Waals surface area contributed by atoms with Crippen LogP contribution in [0.25, 0.3) is 0 Å². The smallest absolute Gasteiger partial charge is 0.398 e. The van der Waals surface area contributed by atoms with E-state index < -0.39 is 26.2 Å². The van der Waals surface area contributed by atoms with Gasteiger partial charge in [0.15, 0.2) is 5.94 Å². The number of sulfone groups is 1. The van der Waals surface area contributed by atoms with Crippen molar-refractivity contribution in [3.8, 4) is 0 Å². The molecule has 0 bridgehead atoms. The quantitative estimate of drug-likeness (QED) is 0.572. The monoisotopic (exact) mass is 267 g/mol. The van der Waals surface area contributed by atoms with Crippen molar-refractivity contribution in [3.63, 3.8) is 0 Å². The zero-order valence-electron chi connectivity index (χ0n) is 7.90. The Labute approximate surface area is 92.7 Å². The molecule has 0 atom stereocenters. The van der Waals surface area contributed by atoms with Crippen LogP contribution in [0.1, 0.15) is 0 Å². The normalized spacial score (nSPS) is 12.6. The minimum Gasteiger partial charge on any atom is -0.399 e. The summed E-state index contributed by atoms with van der Waals surface area (Å²) >= 11 is 0. The lowest BCUT2D eigenvalue weighted by molar-refractivity contribution is 0.306. The summed E-state index contributed by atoms with van der Waals surface area (Å²) in [5.74, 6) is -1.16. The highest BCUT2D eigenvalue weighted by atomic mass is 32.3. The number of hydrogen-bond acceptors (Lipinski definition) is 6. The molecule has 1 aromatic carbocycles. The first kappa shape index (κ1) is 12.9. The van der Waals surface area contributed by atoms with Gasteiger partial charge in [-0.05, 0) is 24.3 Å². The van der Waals surface area contributed by atoms with Crippen molar-refractivity contribution >= 4 is 25.9 Å². The van der Waals surface area contributed by atoms with E-state index in [4.69, 9.17) is 10.3 Å². The van der Waals surface area contributed by atoms with E-state index in [9.17, 15) is 16.8 Å². The van der Waals surface area contributed by atoms with Crippen molar-refractivity contribution < 1.29 is 25.6 Å². The fraction of sp³-hybridized carbons (Fsp3) is 0.143. The van der Waals surface area contributed by atoms with Gasteiger partial charge in [-0.25, -0.2) is 12.6 Å². The minimum absolute atomic E-state index is 0.148. The molecule has 0 heterocycles. The van der Waals surface area contributed by atoms with Gasteiger partial charge in [0.05, 0.1) is 4.90 Å². The predicted molar refractivity (Wildman–Crippen MR) is 55.5 cm³/mol. The van der Waals surface area contributed by atoms with Crippen LogP contribution < -0.4 is 5.73 Å². The summed E-state index contributed by atoms with van der Waals surface area (Å²) in [6, 6.07) is 5.11. The van der Waals surface area contributed by atoms with Gasteiger partial charge in [-0.2, -0.15) is 8.42 Å². The molecule has 0 saturated heterocycles. The molecule has 0 aromatic heterocycles. The second-order valence-electron chi connectivity index (χ2n) is 2.85. The number of benzene rings is 1. The van der Waals surface area contributed by atoms with Crippen LogP contribution in [0, 0.1) is 0 Å². The first-order valence-corrected chi connectivity index (χ1v) is 6.92. The van der Waals surface area contributed by atoms with Gasteiger partial charge in [-0.1, -0.05) is 0 Å². The van der Waals surface area contributed by atoms with Crippen LogP contribution >= 0.6 is 0 Å². The van der Waals surface area contributed by atoms with Crippen molar-refractivity contribution in [1.82, 2.24) is 0 Å². The Bertz CT molecular complexity index is 559. The Morgan fingerprint density at radius 1 is 1.12 bits per heavy atom. The molecule has 1 aromatic rings. The highest BCUT2D eigenvalue weighted by Gasteiger charge is 2.18. The summed E-state index contributed by atoms with van der Waals surface area (Å²) in [6.45, 7) is 0. The molecule has 1 rings (SSSR count). The van der Waals surface area contributed by atoms with Gasteiger partial charge in [-0.15, -0.1) is 0 Å². The van der Waals surface area contributed by atoms with E-state index in [-0.39, 0.29) is 4.90 Å². The van der Waals surface area contributed by atoms with Crippen LogP contribution in [0.5, 0.6) is 0 Å².